The summed E-state index contributed by atoms with van der Waals surface area (Å²) in [5.74, 6) is -4.56. The molecule has 0 aliphatic carbocycles. The summed E-state index contributed by atoms with van der Waals surface area (Å²) >= 11 is 0. The summed E-state index contributed by atoms with van der Waals surface area (Å²) in [5, 5.41) is 2.86. The van der Waals surface area contributed by atoms with E-state index in [0.29, 0.717) is 0 Å². The molecule has 0 aromatic heterocycles. The van der Waals surface area contributed by atoms with Crippen LogP contribution in [0.4, 0.5) is 8.78 Å². The Balaban J connectivity index is 2.61. The monoisotopic (exact) mass is 242 g/mol. The molecular weight excluding hydrogens is 226 g/mol. The number of alkyl halides is 2. The predicted molar refractivity (Wildman–Crippen MR) is 53.3 cm³/mol. The van der Waals surface area contributed by atoms with Crippen LogP contribution in [-0.2, 0) is 10.0 Å². The average molecular weight is 242 g/mol. The Morgan fingerprint density at radius 2 is 2.07 bits per heavy atom. The van der Waals surface area contributed by atoms with Crippen LogP contribution in [0.1, 0.15) is 6.92 Å². The number of hydrogen-bond acceptors (Lipinski definition) is 3. The van der Waals surface area contributed by atoms with Crippen molar-refractivity contribution in [1.29, 1.82) is 0 Å². The summed E-state index contributed by atoms with van der Waals surface area (Å²) in [7, 11) is -3.40. The number of hydrogen-bond donors (Lipinski definition) is 2. The van der Waals surface area contributed by atoms with Gasteiger partial charge in [0.1, 0.15) is 0 Å². The van der Waals surface area contributed by atoms with Crippen molar-refractivity contribution in [3.05, 3.63) is 0 Å². The first-order chi connectivity index (χ1) is 6.73. The second-order valence-electron chi connectivity index (χ2n) is 4.05. The van der Waals surface area contributed by atoms with Crippen molar-refractivity contribution in [2.75, 3.05) is 25.9 Å². The van der Waals surface area contributed by atoms with Gasteiger partial charge in [-0.3, -0.25) is 0 Å². The van der Waals surface area contributed by atoms with Crippen LogP contribution >= 0.6 is 0 Å². The molecule has 0 saturated carbocycles. The number of piperidine rings is 1. The SMILES string of the molecule is C[C@H]1CNC[C@@H](CNS(C)(=O)=O)C1(F)F. The van der Waals surface area contributed by atoms with Crippen LogP contribution < -0.4 is 10.0 Å². The first-order valence-electron chi connectivity index (χ1n) is 4.76. The third-order valence-corrected chi connectivity index (χ3v) is 3.33. The average Bonchev–Trinajstić information content (AvgIpc) is 2.06. The molecule has 0 unspecified atom stereocenters. The molecule has 1 fully saturated rings. The van der Waals surface area contributed by atoms with Gasteiger partial charge in [-0.1, -0.05) is 6.92 Å². The zero-order chi connectivity index (χ0) is 11.7. The second-order valence-corrected chi connectivity index (χ2v) is 5.88. The maximum Gasteiger partial charge on any atom is 0.257 e. The first kappa shape index (κ1) is 12.8. The smallest absolute Gasteiger partial charge is 0.257 e. The van der Waals surface area contributed by atoms with Crippen molar-refractivity contribution < 1.29 is 17.2 Å². The third-order valence-electron chi connectivity index (χ3n) is 2.63. The van der Waals surface area contributed by atoms with Crippen LogP contribution in [0.2, 0.25) is 0 Å². The quantitative estimate of drug-likeness (QED) is 0.734. The molecule has 1 rings (SSSR count). The molecule has 0 bridgehead atoms. The van der Waals surface area contributed by atoms with Crippen LogP contribution in [-0.4, -0.2) is 40.2 Å². The van der Waals surface area contributed by atoms with E-state index in [9.17, 15) is 17.2 Å². The van der Waals surface area contributed by atoms with E-state index < -0.39 is 27.8 Å². The molecular formula is C8H16F2N2O2S. The van der Waals surface area contributed by atoms with Crippen LogP contribution in [0.15, 0.2) is 0 Å². The van der Waals surface area contributed by atoms with E-state index in [-0.39, 0.29) is 19.6 Å². The maximum absolute atomic E-state index is 13.6. The molecule has 1 aliphatic rings. The number of halogens is 2. The second kappa shape index (κ2) is 4.31. The Labute approximate surface area is 88.5 Å². The van der Waals surface area contributed by atoms with Crippen molar-refractivity contribution in [2.24, 2.45) is 11.8 Å². The van der Waals surface area contributed by atoms with Gasteiger partial charge in [-0.15, -0.1) is 0 Å². The van der Waals surface area contributed by atoms with Crippen LogP contribution in [0.3, 0.4) is 0 Å². The van der Waals surface area contributed by atoms with Crippen molar-refractivity contribution in [3.8, 4) is 0 Å². The maximum atomic E-state index is 13.6. The van der Waals surface area contributed by atoms with E-state index in [1.54, 1.807) is 0 Å². The largest absolute Gasteiger partial charge is 0.316 e. The Bertz CT molecular complexity index is 319. The summed E-state index contributed by atoms with van der Waals surface area (Å²) in [5.41, 5.74) is 0. The van der Waals surface area contributed by atoms with E-state index in [2.05, 4.69) is 10.0 Å². The summed E-state index contributed by atoms with van der Waals surface area (Å²) in [6, 6.07) is 0. The number of sulfonamides is 1. The zero-order valence-corrected chi connectivity index (χ0v) is 9.57. The molecule has 0 amide bonds. The summed E-state index contributed by atoms with van der Waals surface area (Å²) < 4.78 is 50.8. The van der Waals surface area contributed by atoms with Gasteiger partial charge in [0.2, 0.25) is 10.0 Å². The van der Waals surface area contributed by atoms with Gasteiger partial charge in [0.25, 0.3) is 5.92 Å². The number of nitrogens with one attached hydrogen (secondary N) is 2. The molecule has 2 N–H and O–H groups in total. The Morgan fingerprint density at radius 3 is 2.60 bits per heavy atom. The van der Waals surface area contributed by atoms with Crippen molar-refractivity contribution in [2.45, 2.75) is 12.8 Å². The van der Waals surface area contributed by atoms with Gasteiger partial charge in [-0.2, -0.15) is 0 Å². The minimum Gasteiger partial charge on any atom is -0.316 e. The highest BCUT2D eigenvalue weighted by atomic mass is 32.2. The molecule has 0 aromatic rings. The Hall–Kier alpha value is -0.270. The van der Waals surface area contributed by atoms with Crippen LogP contribution in [0, 0.1) is 11.8 Å². The van der Waals surface area contributed by atoms with Gasteiger partial charge >= 0.3 is 0 Å². The van der Waals surface area contributed by atoms with E-state index in [1.165, 1.54) is 6.92 Å². The molecule has 4 nitrogen and oxygen atoms in total. The highest BCUT2D eigenvalue weighted by molar-refractivity contribution is 7.88. The fourth-order valence-electron chi connectivity index (χ4n) is 1.61. The number of rotatable bonds is 3. The third kappa shape index (κ3) is 3.35. The van der Waals surface area contributed by atoms with Crippen LogP contribution in [0.25, 0.3) is 0 Å². The summed E-state index contributed by atoms with van der Waals surface area (Å²) in [6.07, 6.45) is 0.963. The highest BCUT2D eigenvalue weighted by Crippen LogP contribution is 2.34. The molecule has 1 saturated heterocycles. The minimum atomic E-state index is -3.40. The van der Waals surface area contributed by atoms with Gasteiger partial charge < -0.3 is 5.32 Å². The Kier molecular flexibility index (Phi) is 3.67. The molecule has 2 atom stereocenters. The summed E-state index contributed by atoms with van der Waals surface area (Å²) in [6.45, 7) is 1.64. The van der Waals surface area contributed by atoms with Crippen molar-refractivity contribution >= 4 is 10.0 Å². The van der Waals surface area contributed by atoms with Gasteiger partial charge in [-0.25, -0.2) is 21.9 Å². The lowest BCUT2D eigenvalue weighted by Gasteiger charge is -2.36. The lowest BCUT2D eigenvalue weighted by atomic mass is 9.87. The highest BCUT2D eigenvalue weighted by Gasteiger charge is 2.46. The molecule has 0 aromatic carbocycles. The molecule has 7 heteroatoms. The van der Waals surface area contributed by atoms with E-state index in [0.717, 1.165) is 6.26 Å². The fourth-order valence-corrected chi connectivity index (χ4v) is 2.11. The standard InChI is InChI=1S/C8H16F2N2O2S/c1-6-3-11-4-7(8(6,9)10)5-12-15(2,13)14/h6-7,11-12H,3-5H2,1-2H3/t6-,7-/m0/s1. The lowest BCUT2D eigenvalue weighted by Crippen LogP contribution is -2.54. The molecule has 0 spiro atoms. The normalized spacial score (nSPS) is 31.5. The summed E-state index contributed by atoms with van der Waals surface area (Å²) in [4.78, 5) is 0. The van der Waals surface area contributed by atoms with E-state index in [4.69, 9.17) is 0 Å². The van der Waals surface area contributed by atoms with Gasteiger partial charge in [0.15, 0.2) is 0 Å². The van der Waals surface area contributed by atoms with Crippen LogP contribution in [0.5, 0.6) is 0 Å². The predicted octanol–water partition coefficient (Wildman–Crippen LogP) is 0.0264. The van der Waals surface area contributed by atoms with Gasteiger partial charge in [0.05, 0.1) is 6.26 Å². The van der Waals surface area contributed by atoms with E-state index >= 15 is 0 Å². The van der Waals surface area contributed by atoms with E-state index in [1.807, 2.05) is 0 Å². The molecule has 0 radical (unpaired) electrons. The lowest BCUT2D eigenvalue weighted by molar-refractivity contribution is -0.115. The fraction of sp³-hybridized carbons (Fsp3) is 1.00. The molecule has 1 aliphatic heterocycles. The molecule has 1 heterocycles. The zero-order valence-electron chi connectivity index (χ0n) is 8.76. The van der Waals surface area contributed by atoms with Crippen molar-refractivity contribution in [1.82, 2.24) is 10.0 Å². The molecule has 90 valence electrons. The first-order valence-corrected chi connectivity index (χ1v) is 6.66. The topological polar surface area (TPSA) is 58.2 Å². The Morgan fingerprint density at radius 1 is 1.47 bits per heavy atom. The van der Waals surface area contributed by atoms with Gasteiger partial charge in [0, 0.05) is 31.5 Å². The minimum absolute atomic E-state index is 0.139. The van der Waals surface area contributed by atoms with Gasteiger partial charge in [-0.05, 0) is 0 Å². The molecule has 15 heavy (non-hydrogen) atoms. The van der Waals surface area contributed by atoms with Crippen molar-refractivity contribution in [3.63, 3.8) is 0 Å².